The molecule has 2 aromatic carbocycles. The molecule has 168 valence electrons. The lowest BCUT2D eigenvalue weighted by molar-refractivity contribution is 0.175. The van der Waals surface area contributed by atoms with Crippen molar-refractivity contribution in [2.75, 3.05) is 11.3 Å². The molecule has 4 aromatic rings. The Morgan fingerprint density at radius 2 is 2.03 bits per heavy atom. The van der Waals surface area contributed by atoms with Gasteiger partial charge in [0.1, 0.15) is 12.1 Å². The van der Waals surface area contributed by atoms with Crippen LogP contribution in [0.5, 0.6) is 0 Å². The van der Waals surface area contributed by atoms with Crippen molar-refractivity contribution in [3.63, 3.8) is 0 Å². The first-order valence-electron chi connectivity index (χ1n) is 9.76. The molecule has 0 radical (unpaired) electrons. The molecule has 0 atom stereocenters. The predicted molar refractivity (Wildman–Crippen MR) is 127 cm³/mol. The normalized spacial score (nSPS) is 12.0. The van der Waals surface area contributed by atoms with E-state index in [9.17, 15) is 8.42 Å². The second-order valence-electron chi connectivity index (χ2n) is 6.90. The number of pyridine rings is 1. The summed E-state index contributed by atoms with van der Waals surface area (Å²) in [6, 6.07) is 14.6. The number of anilines is 1. The highest BCUT2D eigenvalue weighted by Gasteiger charge is 2.19. The Morgan fingerprint density at radius 3 is 2.79 bits per heavy atom. The van der Waals surface area contributed by atoms with Gasteiger partial charge in [-0.2, -0.15) is 0 Å². The highest BCUT2D eigenvalue weighted by atomic mass is 35.5. The van der Waals surface area contributed by atoms with Crippen molar-refractivity contribution in [2.24, 2.45) is 5.16 Å². The zero-order valence-electron chi connectivity index (χ0n) is 17.5. The van der Waals surface area contributed by atoms with Gasteiger partial charge >= 0.3 is 0 Å². The van der Waals surface area contributed by atoms with Crippen molar-refractivity contribution in [2.45, 2.75) is 11.8 Å². The summed E-state index contributed by atoms with van der Waals surface area (Å²) in [5.41, 5.74) is 3.08. The first kappa shape index (κ1) is 22.4. The topological polar surface area (TPSA) is 111 Å². The Balaban J connectivity index is 1.65. The molecule has 0 bridgehead atoms. The van der Waals surface area contributed by atoms with E-state index in [2.05, 4.69) is 31.8 Å². The van der Waals surface area contributed by atoms with Crippen LogP contribution in [-0.4, -0.2) is 40.7 Å². The van der Waals surface area contributed by atoms with Gasteiger partial charge < -0.3 is 4.84 Å². The molecule has 2 heterocycles. The molecule has 0 spiro atoms. The summed E-state index contributed by atoms with van der Waals surface area (Å²) in [6.07, 6.45) is 3.19. The number of sulfonamides is 1. The van der Waals surface area contributed by atoms with Gasteiger partial charge in [0.05, 0.1) is 22.0 Å². The van der Waals surface area contributed by atoms with Gasteiger partial charge in [-0.1, -0.05) is 46.8 Å². The minimum absolute atomic E-state index is 0.0806. The fourth-order valence-corrected chi connectivity index (χ4v) is 4.27. The fraction of sp³-hybridized carbons (Fsp3) is 0.0909. The van der Waals surface area contributed by atoms with Crippen LogP contribution in [-0.2, 0) is 14.9 Å². The number of rotatable bonds is 8. The zero-order valence-corrected chi connectivity index (χ0v) is 19.1. The SMILES string of the molecule is C=CCON=C(C)c1ccc(S(=O)(=O)Nc2ccc(Cl)cc2-n2nnc3ncccc32)cc1. The van der Waals surface area contributed by atoms with Crippen LogP contribution in [0.1, 0.15) is 12.5 Å². The van der Waals surface area contributed by atoms with Crippen LogP contribution in [0.15, 0.2) is 83.5 Å². The number of hydrogen-bond acceptors (Lipinski definition) is 7. The molecule has 33 heavy (non-hydrogen) atoms. The van der Waals surface area contributed by atoms with E-state index in [1.165, 1.54) is 16.8 Å². The zero-order chi connectivity index (χ0) is 23.4. The standard InChI is InChI=1S/C22H19ClN6O3S/c1-3-13-32-26-15(2)16-6-9-18(10-7-16)33(30,31)27-19-11-8-17(23)14-21(19)29-20-5-4-12-24-22(20)25-28-29/h3-12,14,27H,1,13H2,2H3. The molecule has 4 rings (SSSR count). The van der Waals surface area contributed by atoms with Crippen LogP contribution in [0.25, 0.3) is 16.9 Å². The smallest absolute Gasteiger partial charge is 0.261 e. The summed E-state index contributed by atoms with van der Waals surface area (Å²) < 4.78 is 30.3. The van der Waals surface area contributed by atoms with Gasteiger partial charge in [0.15, 0.2) is 0 Å². The average Bonchev–Trinajstić information content (AvgIpc) is 3.24. The maximum Gasteiger partial charge on any atom is 0.261 e. The number of hydrogen-bond donors (Lipinski definition) is 1. The lowest BCUT2D eigenvalue weighted by atomic mass is 10.1. The average molecular weight is 483 g/mol. The second-order valence-corrected chi connectivity index (χ2v) is 9.02. The fourth-order valence-electron chi connectivity index (χ4n) is 3.03. The Hall–Kier alpha value is -3.76. The Bertz CT molecular complexity index is 1450. The number of benzene rings is 2. The van der Waals surface area contributed by atoms with E-state index in [4.69, 9.17) is 16.4 Å². The van der Waals surface area contributed by atoms with Crippen LogP contribution < -0.4 is 4.72 Å². The van der Waals surface area contributed by atoms with Crippen LogP contribution >= 0.6 is 11.6 Å². The van der Waals surface area contributed by atoms with E-state index in [0.29, 0.717) is 27.6 Å². The van der Waals surface area contributed by atoms with E-state index in [-0.39, 0.29) is 17.2 Å². The first-order chi connectivity index (χ1) is 15.9. The maximum absolute atomic E-state index is 13.1. The van der Waals surface area contributed by atoms with E-state index >= 15 is 0 Å². The van der Waals surface area contributed by atoms with E-state index in [1.807, 2.05) is 0 Å². The van der Waals surface area contributed by atoms with Gasteiger partial charge in [-0.25, -0.2) is 18.1 Å². The van der Waals surface area contributed by atoms with E-state index in [1.54, 1.807) is 61.7 Å². The van der Waals surface area contributed by atoms with Crippen molar-refractivity contribution >= 4 is 44.2 Å². The third-order valence-corrected chi connectivity index (χ3v) is 6.25. The van der Waals surface area contributed by atoms with Gasteiger partial charge in [0.2, 0.25) is 5.65 Å². The monoisotopic (exact) mass is 482 g/mol. The Kier molecular flexibility index (Phi) is 6.38. The number of oxime groups is 1. The summed E-state index contributed by atoms with van der Waals surface area (Å²) in [5, 5.41) is 12.5. The van der Waals surface area contributed by atoms with Crippen LogP contribution in [0.4, 0.5) is 5.69 Å². The highest BCUT2D eigenvalue weighted by molar-refractivity contribution is 7.92. The molecule has 0 amide bonds. The number of halogens is 1. The van der Waals surface area contributed by atoms with Crippen molar-refractivity contribution in [1.82, 2.24) is 20.0 Å². The molecular formula is C22H19ClN6O3S. The van der Waals surface area contributed by atoms with Gasteiger partial charge in [-0.3, -0.25) is 4.72 Å². The highest BCUT2D eigenvalue weighted by Crippen LogP contribution is 2.28. The third kappa shape index (κ3) is 4.86. The molecule has 9 nitrogen and oxygen atoms in total. The van der Waals surface area contributed by atoms with E-state index in [0.717, 1.165) is 5.56 Å². The van der Waals surface area contributed by atoms with Crippen molar-refractivity contribution in [1.29, 1.82) is 0 Å². The summed E-state index contributed by atoms with van der Waals surface area (Å²) in [7, 11) is -3.91. The number of nitrogens with zero attached hydrogens (tertiary/aromatic N) is 5. The van der Waals surface area contributed by atoms with Gasteiger partial charge in [0, 0.05) is 11.2 Å². The van der Waals surface area contributed by atoms with Crippen molar-refractivity contribution < 1.29 is 13.3 Å². The molecule has 0 saturated carbocycles. The van der Waals surface area contributed by atoms with Crippen molar-refractivity contribution in [3.05, 3.63) is 84.0 Å². The summed E-state index contributed by atoms with van der Waals surface area (Å²) in [5.74, 6) is 0. The lowest BCUT2D eigenvalue weighted by Gasteiger charge is -2.13. The Labute approximate surface area is 195 Å². The van der Waals surface area contributed by atoms with Crippen LogP contribution in [0, 0.1) is 0 Å². The number of aromatic nitrogens is 4. The number of nitrogens with one attached hydrogen (secondary N) is 1. The van der Waals surface area contributed by atoms with Crippen LogP contribution in [0.3, 0.4) is 0 Å². The first-order valence-corrected chi connectivity index (χ1v) is 11.6. The molecule has 0 aliphatic rings. The van der Waals surface area contributed by atoms with E-state index < -0.39 is 10.0 Å². The van der Waals surface area contributed by atoms with Gasteiger partial charge in [-0.15, -0.1) is 5.10 Å². The lowest BCUT2D eigenvalue weighted by Crippen LogP contribution is -2.15. The minimum Gasteiger partial charge on any atom is -0.391 e. The molecule has 11 heteroatoms. The van der Waals surface area contributed by atoms with Crippen LogP contribution in [0.2, 0.25) is 5.02 Å². The summed E-state index contributed by atoms with van der Waals surface area (Å²) >= 11 is 6.18. The minimum atomic E-state index is -3.91. The Morgan fingerprint density at radius 1 is 1.24 bits per heavy atom. The van der Waals surface area contributed by atoms with Gasteiger partial charge in [0.25, 0.3) is 10.0 Å². The molecule has 0 unspecified atom stereocenters. The maximum atomic E-state index is 13.1. The molecule has 0 aliphatic carbocycles. The number of fused-ring (bicyclic) bond motifs is 1. The molecule has 1 N–H and O–H groups in total. The molecule has 0 fully saturated rings. The molecule has 2 aromatic heterocycles. The summed E-state index contributed by atoms with van der Waals surface area (Å²) in [6.45, 7) is 5.61. The second kappa shape index (κ2) is 9.39. The molecule has 0 saturated heterocycles. The molecular weight excluding hydrogens is 464 g/mol. The quantitative estimate of drug-likeness (QED) is 0.174. The summed E-state index contributed by atoms with van der Waals surface area (Å²) in [4.78, 5) is 9.31. The molecule has 0 aliphatic heterocycles. The predicted octanol–water partition coefficient (Wildman–Crippen LogP) is 4.20. The van der Waals surface area contributed by atoms with Gasteiger partial charge in [-0.05, 0) is 55.0 Å². The largest absolute Gasteiger partial charge is 0.391 e. The third-order valence-electron chi connectivity index (χ3n) is 4.63. The van der Waals surface area contributed by atoms with Crippen molar-refractivity contribution in [3.8, 4) is 5.69 Å².